The van der Waals surface area contributed by atoms with Crippen molar-refractivity contribution in [1.82, 2.24) is 9.13 Å². The maximum absolute atomic E-state index is 16.3. The van der Waals surface area contributed by atoms with Crippen molar-refractivity contribution in [3.05, 3.63) is 237 Å². The molecule has 0 saturated carbocycles. The molecule has 0 bridgehead atoms. The summed E-state index contributed by atoms with van der Waals surface area (Å²) in [5.74, 6) is 0. The molecule has 410 valence electrons. The van der Waals surface area contributed by atoms with Gasteiger partial charge in [0.05, 0.1) is 149 Å². The zero-order chi connectivity index (χ0) is 61.9. The molecule has 0 radical (unpaired) electrons. The number of halogens is 6. The maximum Gasteiger partial charge on any atom is 0.417 e. The fourth-order valence-electron chi connectivity index (χ4n) is 11.5. The van der Waals surface area contributed by atoms with Crippen molar-refractivity contribution in [2.45, 2.75) is 12.4 Å². The Kier molecular flexibility index (Phi) is 13.3. The van der Waals surface area contributed by atoms with E-state index in [2.05, 4.69) is 30.3 Å². The Balaban J connectivity index is 1.31. The summed E-state index contributed by atoms with van der Waals surface area (Å²) in [7, 11) is 0. The highest BCUT2D eigenvalue weighted by molar-refractivity contribution is 6.14. The van der Waals surface area contributed by atoms with E-state index in [1.807, 2.05) is 24.3 Å². The Hall–Kier alpha value is -13.2. The highest BCUT2D eigenvalue weighted by Crippen LogP contribution is 2.50. The first-order valence-corrected chi connectivity index (χ1v) is 26.3. The first kappa shape index (κ1) is 55.3. The maximum atomic E-state index is 16.3. The smallest absolute Gasteiger partial charge is 0.308 e. The van der Waals surface area contributed by atoms with Gasteiger partial charge in [-0.3, -0.25) is 0 Å². The molecule has 0 N–H and O–H groups in total. The zero-order valence-electron chi connectivity index (χ0n) is 44.9. The van der Waals surface area contributed by atoms with Crippen molar-refractivity contribution in [3.63, 3.8) is 0 Å². The van der Waals surface area contributed by atoms with Gasteiger partial charge in [0, 0.05) is 27.1 Å². The van der Waals surface area contributed by atoms with Crippen LogP contribution in [-0.2, 0) is 12.4 Å². The number of benzene rings is 10. The Morgan fingerprint density at radius 1 is 0.273 bits per heavy atom. The normalized spacial score (nSPS) is 11.2. The second-order valence-electron chi connectivity index (χ2n) is 20.3. The minimum absolute atomic E-state index is 0.0243. The SMILES string of the molecule is N#Cc1ccc(-c2ccc3c4ccc(-c5ccc(C#N)cc5C#N)cc4n(-c4cc(C#N)cc(-n5c6cc(-c7ccc(C#N)cc7C#N)ccc6c6ccc(-c7ccc(C#N)cc7C#N)cc65)c4-c4ccc(C(F)(F)F)cc4C(F)(F)F)c3c2)c(C#N)c1. The second kappa shape index (κ2) is 21.2. The van der Waals surface area contributed by atoms with E-state index in [4.69, 9.17) is 0 Å². The number of fused-ring (bicyclic) bond motifs is 6. The highest BCUT2D eigenvalue weighted by Gasteiger charge is 2.40. The molecule has 0 aliphatic rings. The number of nitriles is 9. The van der Waals surface area contributed by atoms with Crippen LogP contribution in [0.3, 0.4) is 0 Å². The molecule has 17 heteroatoms. The minimum atomic E-state index is -5.50. The van der Waals surface area contributed by atoms with Crippen molar-refractivity contribution in [2.75, 3.05) is 0 Å². The summed E-state index contributed by atoms with van der Waals surface area (Å²) in [4.78, 5) is 0. The van der Waals surface area contributed by atoms with Crippen molar-refractivity contribution in [3.8, 4) is 122 Å². The third kappa shape index (κ3) is 9.21. The first-order chi connectivity index (χ1) is 42.4. The summed E-state index contributed by atoms with van der Waals surface area (Å²) < 4.78 is 96.4. The van der Waals surface area contributed by atoms with Gasteiger partial charge in [0.2, 0.25) is 0 Å². The van der Waals surface area contributed by atoms with Gasteiger partial charge >= 0.3 is 12.4 Å². The minimum Gasteiger partial charge on any atom is -0.308 e. The predicted molar refractivity (Wildman–Crippen MR) is 315 cm³/mol. The Bertz CT molecular complexity index is 4940. The predicted octanol–water partition coefficient (Wildman–Crippen LogP) is 17.1. The largest absolute Gasteiger partial charge is 0.417 e. The van der Waals surface area contributed by atoms with E-state index in [0.29, 0.717) is 72.1 Å². The lowest BCUT2D eigenvalue weighted by Crippen LogP contribution is -2.14. The molecule has 12 rings (SSSR count). The molecule has 10 aromatic carbocycles. The Morgan fingerprint density at radius 2 is 0.568 bits per heavy atom. The number of hydrogen-bond donors (Lipinski definition) is 0. The lowest BCUT2D eigenvalue weighted by atomic mass is 9.92. The molecular formula is C71H29F6N11. The summed E-state index contributed by atoms with van der Waals surface area (Å²) in [6, 6.07) is 60.9. The van der Waals surface area contributed by atoms with Gasteiger partial charge in [-0.1, -0.05) is 78.9 Å². The summed E-state index contributed by atoms with van der Waals surface area (Å²) in [6.45, 7) is 0. The molecule has 0 atom stereocenters. The molecule has 0 aliphatic heterocycles. The molecule has 2 heterocycles. The average molecular weight is 1150 g/mol. The van der Waals surface area contributed by atoms with E-state index in [1.54, 1.807) is 106 Å². The van der Waals surface area contributed by atoms with Gasteiger partial charge in [0.1, 0.15) is 0 Å². The number of rotatable bonds is 7. The van der Waals surface area contributed by atoms with Crippen LogP contribution in [0.1, 0.15) is 61.2 Å². The van der Waals surface area contributed by atoms with Crippen LogP contribution in [0.2, 0.25) is 0 Å². The lowest BCUT2D eigenvalue weighted by molar-refractivity contribution is -0.142. The van der Waals surface area contributed by atoms with Gasteiger partial charge < -0.3 is 9.13 Å². The molecule has 0 aliphatic carbocycles. The fourth-order valence-corrected chi connectivity index (χ4v) is 11.5. The van der Waals surface area contributed by atoms with Gasteiger partial charge in [-0.25, -0.2) is 0 Å². The lowest BCUT2D eigenvalue weighted by Gasteiger charge is -2.24. The van der Waals surface area contributed by atoms with Crippen molar-refractivity contribution in [1.29, 1.82) is 47.4 Å². The molecule has 0 amide bonds. The monoisotopic (exact) mass is 1150 g/mol. The number of aromatic nitrogens is 2. The molecule has 0 fully saturated rings. The van der Waals surface area contributed by atoms with Gasteiger partial charge in [0.25, 0.3) is 0 Å². The van der Waals surface area contributed by atoms with Gasteiger partial charge in [-0.2, -0.15) is 73.7 Å². The average Bonchev–Trinajstić information content (AvgIpc) is 1.59. The molecule has 88 heavy (non-hydrogen) atoms. The van der Waals surface area contributed by atoms with Gasteiger partial charge in [-0.05, 0) is 147 Å². The van der Waals surface area contributed by atoms with Crippen molar-refractivity contribution in [2.24, 2.45) is 0 Å². The van der Waals surface area contributed by atoms with Crippen molar-refractivity contribution >= 4 is 43.6 Å². The molecule has 12 aromatic rings. The van der Waals surface area contributed by atoms with Gasteiger partial charge in [0.15, 0.2) is 0 Å². The summed E-state index contributed by atoms with van der Waals surface area (Å²) >= 11 is 0. The first-order valence-electron chi connectivity index (χ1n) is 26.3. The quantitative estimate of drug-likeness (QED) is 0.138. The molecule has 0 spiro atoms. The van der Waals surface area contributed by atoms with E-state index in [-0.39, 0.29) is 95.1 Å². The van der Waals surface area contributed by atoms with Crippen LogP contribution in [0.25, 0.3) is 111 Å². The van der Waals surface area contributed by atoms with Crippen LogP contribution in [0.5, 0.6) is 0 Å². The second-order valence-corrected chi connectivity index (χ2v) is 20.3. The van der Waals surface area contributed by atoms with Crippen LogP contribution in [-0.4, -0.2) is 9.13 Å². The molecular weight excluding hydrogens is 1120 g/mol. The van der Waals surface area contributed by atoms with E-state index in [9.17, 15) is 60.5 Å². The third-order valence-electron chi connectivity index (χ3n) is 15.5. The number of hydrogen-bond acceptors (Lipinski definition) is 9. The molecule has 2 aromatic heterocycles. The topological polar surface area (TPSA) is 224 Å². The van der Waals surface area contributed by atoms with E-state index >= 15 is 13.2 Å². The van der Waals surface area contributed by atoms with Crippen molar-refractivity contribution < 1.29 is 26.3 Å². The summed E-state index contributed by atoms with van der Waals surface area (Å²) in [5, 5.41) is 94.0. The van der Waals surface area contributed by atoms with E-state index in [0.717, 1.165) is 6.07 Å². The standard InChI is InChI=1S/C71H29F6N11/c72-70(73,74)52-9-18-61(62(29-52)71(75,76)77)69-67(87-63-25-44(53-10-1-39(30-78)19-48(53)35-83)5-14-57(63)58-15-6-45(26-64(58)87)54-11-2-40(31-79)20-49(54)36-84)23-43(34-82)24-68(69)88-65-27-46(55-12-3-41(32-80)21-50(55)37-85)7-16-59(65)60-17-8-47(28-66(60)88)56-13-4-42(33-81)22-51(56)38-86/h1-29H. The van der Waals surface area contributed by atoms with Crippen LogP contribution >= 0.6 is 0 Å². The Morgan fingerprint density at radius 3 is 0.830 bits per heavy atom. The fraction of sp³-hybridized carbons (Fsp3) is 0.0282. The van der Waals surface area contributed by atoms with E-state index < -0.39 is 29.0 Å². The van der Waals surface area contributed by atoms with Crippen LogP contribution in [0.15, 0.2) is 176 Å². The molecule has 0 saturated heterocycles. The molecule has 0 unspecified atom stereocenters. The van der Waals surface area contributed by atoms with Crippen LogP contribution in [0, 0.1) is 102 Å². The summed E-state index contributed by atoms with van der Waals surface area (Å²) in [5.41, 5.74) is 0.133. The number of alkyl halides is 6. The zero-order valence-corrected chi connectivity index (χ0v) is 44.9. The van der Waals surface area contributed by atoms with Crippen LogP contribution in [0.4, 0.5) is 26.3 Å². The van der Waals surface area contributed by atoms with Crippen LogP contribution < -0.4 is 0 Å². The van der Waals surface area contributed by atoms with E-state index in [1.165, 1.54) is 60.7 Å². The summed E-state index contributed by atoms with van der Waals surface area (Å²) in [6.07, 6.45) is -10.8. The Labute approximate surface area is 495 Å². The third-order valence-corrected chi connectivity index (χ3v) is 15.5. The number of nitrogens with zero attached hydrogens (tertiary/aromatic N) is 11. The molecule has 11 nitrogen and oxygen atoms in total. The van der Waals surface area contributed by atoms with Gasteiger partial charge in [-0.15, -0.1) is 0 Å². The highest BCUT2D eigenvalue weighted by atomic mass is 19.4.